The van der Waals surface area contributed by atoms with E-state index >= 15 is 0 Å². The van der Waals surface area contributed by atoms with Crippen molar-refractivity contribution in [1.82, 2.24) is 0 Å². The summed E-state index contributed by atoms with van der Waals surface area (Å²) in [5.41, 5.74) is 6.24. The van der Waals surface area contributed by atoms with E-state index in [4.69, 9.17) is 15.2 Å². The second kappa shape index (κ2) is 9.85. The lowest BCUT2D eigenvalue weighted by molar-refractivity contribution is -0.144. The van der Waals surface area contributed by atoms with Gasteiger partial charge in [0.1, 0.15) is 22.6 Å². The largest absolute Gasteiger partial charge is 0.462 e. The zero-order valence-corrected chi connectivity index (χ0v) is 15.8. The summed E-state index contributed by atoms with van der Waals surface area (Å²) in [6.45, 7) is 1.71. The minimum absolute atomic E-state index is 0.157. The summed E-state index contributed by atoms with van der Waals surface area (Å²) >= 11 is 2.52. The Morgan fingerprint density at radius 1 is 1.27 bits per heavy atom. The molecule has 0 saturated carbocycles. The average molecular weight is 390 g/mol. The zero-order chi connectivity index (χ0) is 18.9. The molecule has 2 N–H and O–H groups in total. The number of nitrogens with zero attached hydrogens (tertiary/aromatic N) is 1. The fraction of sp³-hybridized carbons (Fsp3) is 0.278. The highest BCUT2D eigenvalue weighted by molar-refractivity contribution is 7.99. The Balaban J connectivity index is 1.94. The third kappa shape index (κ3) is 5.25. The second-order valence-electron chi connectivity index (χ2n) is 5.05. The Morgan fingerprint density at radius 3 is 2.65 bits per heavy atom. The van der Waals surface area contributed by atoms with Crippen LogP contribution >= 0.6 is 23.1 Å². The molecule has 1 aromatic heterocycles. The number of carbonyl (C=O) groups excluding carboxylic acids is 2. The van der Waals surface area contributed by atoms with Crippen LogP contribution in [0.2, 0.25) is 0 Å². The van der Waals surface area contributed by atoms with Crippen LogP contribution in [0, 0.1) is 11.3 Å². The molecular formula is C18H18N2O4S2. The van der Waals surface area contributed by atoms with Gasteiger partial charge in [-0.3, -0.25) is 4.79 Å². The SMILES string of the molecule is CCOC(=O)c1sc(N)c(C#N)c1COC(=O)CCSc1ccccc1. The minimum atomic E-state index is -0.573. The molecule has 2 aromatic rings. The number of hydrogen-bond acceptors (Lipinski definition) is 8. The van der Waals surface area contributed by atoms with E-state index in [0.29, 0.717) is 11.3 Å². The first-order chi connectivity index (χ1) is 12.6. The van der Waals surface area contributed by atoms with Crippen LogP contribution in [0.5, 0.6) is 0 Å². The number of esters is 2. The van der Waals surface area contributed by atoms with Crippen molar-refractivity contribution in [2.45, 2.75) is 24.8 Å². The highest BCUT2D eigenvalue weighted by Crippen LogP contribution is 2.32. The molecule has 26 heavy (non-hydrogen) atoms. The molecular weight excluding hydrogens is 372 g/mol. The van der Waals surface area contributed by atoms with Crippen molar-refractivity contribution >= 4 is 40.0 Å². The van der Waals surface area contributed by atoms with Crippen LogP contribution in [0.3, 0.4) is 0 Å². The van der Waals surface area contributed by atoms with Gasteiger partial charge in [-0.05, 0) is 19.1 Å². The lowest BCUT2D eigenvalue weighted by Crippen LogP contribution is -2.10. The van der Waals surface area contributed by atoms with Crippen LogP contribution in [0.1, 0.15) is 34.1 Å². The molecule has 0 spiro atoms. The molecule has 2 rings (SSSR count). The lowest BCUT2D eigenvalue weighted by atomic mass is 10.1. The number of thiophene rings is 1. The van der Waals surface area contributed by atoms with Gasteiger partial charge in [-0.2, -0.15) is 5.26 Å². The van der Waals surface area contributed by atoms with Gasteiger partial charge < -0.3 is 15.2 Å². The van der Waals surface area contributed by atoms with Crippen molar-refractivity contribution in [1.29, 1.82) is 5.26 Å². The third-order valence-electron chi connectivity index (χ3n) is 3.30. The quantitative estimate of drug-likeness (QED) is 0.542. The molecule has 0 radical (unpaired) electrons. The molecule has 1 heterocycles. The van der Waals surface area contributed by atoms with Crippen LogP contribution < -0.4 is 5.73 Å². The topological polar surface area (TPSA) is 102 Å². The summed E-state index contributed by atoms with van der Waals surface area (Å²) in [6, 6.07) is 11.7. The van der Waals surface area contributed by atoms with Gasteiger partial charge in [0, 0.05) is 16.2 Å². The van der Waals surface area contributed by atoms with Crippen LogP contribution in [0.15, 0.2) is 35.2 Å². The molecule has 0 aliphatic heterocycles. The van der Waals surface area contributed by atoms with Gasteiger partial charge in [0.25, 0.3) is 0 Å². The van der Waals surface area contributed by atoms with Gasteiger partial charge in [0.05, 0.1) is 18.6 Å². The molecule has 0 aliphatic rings. The van der Waals surface area contributed by atoms with Crippen LogP contribution in [0.4, 0.5) is 5.00 Å². The molecule has 0 saturated heterocycles. The van der Waals surface area contributed by atoms with Gasteiger partial charge >= 0.3 is 11.9 Å². The molecule has 6 nitrogen and oxygen atoms in total. The van der Waals surface area contributed by atoms with E-state index < -0.39 is 11.9 Å². The number of ether oxygens (including phenoxy) is 2. The van der Waals surface area contributed by atoms with E-state index in [2.05, 4.69) is 0 Å². The Kier molecular flexibility index (Phi) is 7.51. The van der Waals surface area contributed by atoms with Gasteiger partial charge in [0.2, 0.25) is 0 Å². The molecule has 0 amide bonds. The first-order valence-electron chi connectivity index (χ1n) is 7.88. The van der Waals surface area contributed by atoms with E-state index in [9.17, 15) is 14.9 Å². The normalized spacial score (nSPS) is 10.2. The number of thioether (sulfide) groups is 1. The van der Waals surface area contributed by atoms with E-state index in [0.717, 1.165) is 16.2 Å². The fourth-order valence-corrected chi connectivity index (χ4v) is 3.87. The number of nitriles is 1. The Morgan fingerprint density at radius 2 is 2.00 bits per heavy atom. The Hall–Kier alpha value is -2.50. The fourth-order valence-electron chi connectivity index (χ4n) is 2.10. The Bertz CT molecular complexity index is 813. The number of hydrogen-bond donors (Lipinski definition) is 1. The van der Waals surface area contributed by atoms with Crippen molar-refractivity contribution in [2.75, 3.05) is 18.1 Å². The number of rotatable bonds is 8. The first kappa shape index (κ1) is 19.8. The van der Waals surface area contributed by atoms with Crippen molar-refractivity contribution in [3.8, 4) is 6.07 Å². The van der Waals surface area contributed by atoms with E-state index in [-0.39, 0.29) is 35.1 Å². The Labute approximate surface area is 159 Å². The van der Waals surface area contributed by atoms with Crippen molar-refractivity contribution in [3.05, 3.63) is 46.3 Å². The highest BCUT2D eigenvalue weighted by Gasteiger charge is 2.23. The molecule has 136 valence electrons. The van der Waals surface area contributed by atoms with Gasteiger partial charge in [-0.25, -0.2) is 4.79 Å². The molecule has 0 bridgehead atoms. The molecule has 0 atom stereocenters. The van der Waals surface area contributed by atoms with Gasteiger partial charge in [0.15, 0.2) is 0 Å². The zero-order valence-electron chi connectivity index (χ0n) is 14.2. The second-order valence-corrected chi connectivity index (χ2v) is 7.27. The molecule has 0 aliphatic carbocycles. The summed E-state index contributed by atoms with van der Waals surface area (Å²) in [5, 5.41) is 9.45. The predicted molar refractivity (Wildman–Crippen MR) is 101 cm³/mol. The van der Waals surface area contributed by atoms with Gasteiger partial charge in [-0.1, -0.05) is 18.2 Å². The minimum Gasteiger partial charge on any atom is -0.462 e. The average Bonchev–Trinajstić information content (AvgIpc) is 2.96. The standard InChI is InChI=1S/C18H18N2O4S2/c1-2-23-18(22)16-14(13(10-19)17(20)26-16)11-24-15(21)8-9-25-12-6-4-3-5-7-12/h3-7H,2,8-9,11,20H2,1H3. The summed E-state index contributed by atoms with van der Waals surface area (Å²) in [5.74, 6) is -0.405. The maximum absolute atomic E-state index is 12.0. The number of anilines is 1. The number of carbonyl (C=O) groups is 2. The monoisotopic (exact) mass is 390 g/mol. The smallest absolute Gasteiger partial charge is 0.348 e. The van der Waals surface area contributed by atoms with E-state index in [1.54, 1.807) is 18.7 Å². The summed E-state index contributed by atoms with van der Waals surface area (Å²) in [4.78, 5) is 25.2. The molecule has 0 fully saturated rings. The maximum Gasteiger partial charge on any atom is 0.348 e. The summed E-state index contributed by atoms with van der Waals surface area (Å²) in [7, 11) is 0. The predicted octanol–water partition coefficient (Wildman–Crippen LogP) is 3.60. The number of nitrogen functional groups attached to an aromatic ring is 1. The molecule has 1 aromatic carbocycles. The molecule has 0 unspecified atom stereocenters. The van der Waals surface area contributed by atoms with Crippen LogP contribution in [-0.2, 0) is 20.9 Å². The summed E-state index contributed by atoms with van der Waals surface area (Å²) in [6.07, 6.45) is 0.218. The van der Waals surface area contributed by atoms with Crippen molar-refractivity contribution in [2.24, 2.45) is 0 Å². The number of nitrogens with two attached hydrogens (primary N) is 1. The summed E-state index contributed by atoms with van der Waals surface area (Å²) < 4.78 is 10.2. The number of benzene rings is 1. The van der Waals surface area contributed by atoms with E-state index in [1.165, 1.54) is 0 Å². The van der Waals surface area contributed by atoms with Crippen molar-refractivity contribution in [3.63, 3.8) is 0 Å². The first-order valence-corrected chi connectivity index (χ1v) is 9.68. The lowest BCUT2D eigenvalue weighted by Gasteiger charge is -2.07. The maximum atomic E-state index is 12.0. The van der Waals surface area contributed by atoms with E-state index in [1.807, 2.05) is 36.4 Å². The highest BCUT2D eigenvalue weighted by atomic mass is 32.2. The molecule has 8 heteroatoms. The van der Waals surface area contributed by atoms with Crippen LogP contribution in [-0.4, -0.2) is 24.3 Å². The van der Waals surface area contributed by atoms with Crippen molar-refractivity contribution < 1.29 is 19.1 Å². The van der Waals surface area contributed by atoms with Crippen LogP contribution in [0.25, 0.3) is 0 Å². The van der Waals surface area contributed by atoms with Gasteiger partial charge in [-0.15, -0.1) is 23.1 Å². The third-order valence-corrected chi connectivity index (χ3v) is 5.36.